The molecule has 0 bridgehead atoms. The van der Waals surface area contributed by atoms with E-state index >= 15 is 0 Å². The number of halogens is 2. The normalized spacial score (nSPS) is 15.1. The fourth-order valence-electron chi connectivity index (χ4n) is 2.89. The Bertz CT molecular complexity index is 677. The van der Waals surface area contributed by atoms with Crippen LogP contribution in [0.2, 0.25) is 0 Å². The Labute approximate surface area is 152 Å². The first kappa shape index (κ1) is 20.0. The summed E-state index contributed by atoms with van der Waals surface area (Å²) < 4.78 is 26.6. The first-order chi connectivity index (χ1) is 12.5. The van der Waals surface area contributed by atoms with Crippen LogP contribution in [0.3, 0.4) is 0 Å². The summed E-state index contributed by atoms with van der Waals surface area (Å²) >= 11 is 0. The van der Waals surface area contributed by atoms with Crippen LogP contribution in [0.5, 0.6) is 0 Å². The molecular formula is C19H25F2N3O2. The molecule has 0 saturated heterocycles. The minimum atomic E-state index is -0.680. The highest BCUT2D eigenvalue weighted by molar-refractivity contribution is 5.95. The van der Waals surface area contributed by atoms with E-state index < -0.39 is 29.6 Å². The zero-order valence-electron chi connectivity index (χ0n) is 14.9. The maximum absolute atomic E-state index is 13.7. The number of amides is 3. The molecule has 2 rings (SSSR count). The summed E-state index contributed by atoms with van der Waals surface area (Å²) in [5.41, 5.74) is 1.60. The molecular weight excluding hydrogens is 340 g/mol. The van der Waals surface area contributed by atoms with Gasteiger partial charge in [0.1, 0.15) is 11.6 Å². The number of rotatable bonds is 7. The maximum Gasteiger partial charge on any atom is 0.321 e. The fraction of sp³-hybridized carbons (Fsp3) is 0.474. The van der Waals surface area contributed by atoms with Gasteiger partial charge in [0.15, 0.2) is 0 Å². The molecule has 26 heavy (non-hydrogen) atoms. The summed E-state index contributed by atoms with van der Waals surface area (Å²) in [7, 11) is 0. The molecule has 142 valence electrons. The van der Waals surface area contributed by atoms with Gasteiger partial charge in [0, 0.05) is 24.2 Å². The number of hydrogen-bond donors (Lipinski definition) is 3. The van der Waals surface area contributed by atoms with Crippen LogP contribution >= 0.6 is 0 Å². The molecule has 1 atom stereocenters. The van der Waals surface area contributed by atoms with Crippen molar-refractivity contribution in [3.63, 3.8) is 0 Å². The van der Waals surface area contributed by atoms with Crippen LogP contribution in [0.15, 0.2) is 29.8 Å². The van der Waals surface area contributed by atoms with E-state index in [9.17, 15) is 18.4 Å². The molecule has 0 unspecified atom stereocenters. The van der Waals surface area contributed by atoms with Crippen LogP contribution in [0, 0.1) is 11.6 Å². The quantitative estimate of drug-likeness (QED) is 0.649. The third-order valence-corrected chi connectivity index (χ3v) is 4.37. The van der Waals surface area contributed by atoms with Crippen LogP contribution in [-0.2, 0) is 4.79 Å². The predicted octanol–water partition coefficient (Wildman–Crippen LogP) is 3.33. The number of benzene rings is 1. The minimum absolute atomic E-state index is 0.156. The van der Waals surface area contributed by atoms with Crippen molar-refractivity contribution in [1.29, 1.82) is 0 Å². The highest BCUT2D eigenvalue weighted by atomic mass is 19.1. The Kier molecular flexibility index (Phi) is 7.72. The van der Waals surface area contributed by atoms with Gasteiger partial charge in [0.05, 0.1) is 6.54 Å². The number of urea groups is 1. The molecule has 1 aliphatic rings. The van der Waals surface area contributed by atoms with Crippen LogP contribution in [0.25, 0.3) is 0 Å². The molecule has 1 aromatic carbocycles. The van der Waals surface area contributed by atoms with Gasteiger partial charge in [0.2, 0.25) is 5.91 Å². The monoisotopic (exact) mass is 365 g/mol. The molecule has 7 heteroatoms. The third kappa shape index (κ3) is 6.55. The van der Waals surface area contributed by atoms with Gasteiger partial charge < -0.3 is 10.6 Å². The van der Waals surface area contributed by atoms with Crippen LogP contribution in [0.1, 0.15) is 50.6 Å². The Morgan fingerprint density at radius 3 is 2.73 bits per heavy atom. The van der Waals surface area contributed by atoms with E-state index in [-0.39, 0.29) is 12.1 Å². The van der Waals surface area contributed by atoms with Crippen molar-refractivity contribution in [2.24, 2.45) is 0 Å². The summed E-state index contributed by atoms with van der Waals surface area (Å²) in [5.74, 6) is -1.86. The Morgan fingerprint density at radius 2 is 2.04 bits per heavy atom. The van der Waals surface area contributed by atoms with Crippen molar-refractivity contribution in [2.75, 3.05) is 13.1 Å². The number of carbonyl (C=O) groups is 2. The van der Waals surface area contributed by atoms with E-state index in [2.05, 4.69) is 22.0 Å². The summed E-state index contributed by atoms with van der Waals surface area (Å²) in [4.78, 5) is 23.5. The van der Waals surface area contributed by atoms with Crippen molar-refractivity contribution in [2.45, 2.75) is 45.1 Å². The lowest BCUT2D eigenvalue weighted by molar-refractivity contribution is -0.119. The standard InChI is InChI=1S/C19H25F2N3O2/c1-13(16-8-7-15(20)11-17(16)21)23-12-18(25)24-19(26)22-10-9-14-5-3-2-4-6-14/h5,7-8,11,13,23H,2-4,6,9-10,12H2,1H3,(H2,22,24,25,26)/t13-/m0/s1. The molecule has 0 heterocycles. The highest BCUT2D eigenvalue weighted by Crippen LogP contribution is 2.19. The zero-order valence-corrected chi connectivity index (χ0v) is 14.9. The Hall–Kier alpha value is -2.28. The lowest BCUT2D eigenvalue weighted by Crippen LogP contribution is -2.44. The lowest BCUT2D eigenvalue weighted by Gasteiger charge is -2.15. The van der Waals surface area contributed by atoms with Gasteiger partial charge >= 0.3 is 6.03 Å². The van der Waals surface area contributed by atoms with Gasteiger partial charge in [-0.25, -0.2) is 13.6 Å². The molecule has 0 aliphatic heterocycles. The zero-order chi connectivity index (χ0) is 18.9. The molecule has 0 radical (unpaired) electrons. The Balaban J connectivity index is 1.67. The topological polar surface area (TPSA) is 70.2 Å². The van der Waals surface area contributed by atoms with Gasteiger partial charge in [-0.05, 0) is 45.1 Å². The molecule has 3 N–H and O–H groups in total. The summed E-state index contributed by atoms with van der Waals surface area (Å²) in [6, 6.07) is 2.23. The average molecular weight is 365 g/mol. The van der Waals surface area contributed by atoms with Crippen molar-refractivity contribution in [3.05, 3.63) is 47.0 Å². The second-order valence-corrected chi connectivity index (χ2v) is 6.43. The van der Waals surface area contributed by atoms with Crippen molar-refractivity contribution in [3.8, 4) is 0 Å². The second-order valence-electron chi connectivity index (χ2n) is 6.43. The number of nitrogens with one attached hydrogen (secondary N) is 3. The number of allylic oxidation sites excluding steroid dienone is 1. The van der Waals surface area contributed by atoms with Gasteiger partial charge in [0.25, 0.3) is 0 Å². The van der Waals surface area contributed by atoms with E-state index in [0.717, 1.165) is 31.4 Å². The van der Waals surface area contributed by atoms with Gasteiger partial charge in [-0.15, -0.1) is 0 Å². The summed E-state index contributed by atoms with van der Waals surface area (Å²) in [6.07, 6.45) is 7.59. The smallest absolute Gasteiger partial charge is 0.321 e. The van der Waals surface area contributed by atoms with E-state index in [1.54, 1.807) is 6.92 Å². The minimum Gasteiger partial charge on any atom is -0.337 e. The van der Waals surface area contributed by atoms with Gasteiger partial charge in [-0.2, -0.15) is 0 Å². The molecule has 3 amide bonds. The lowest BCUT2D eigenvalue weighted by atomic mass is 9.97. The molecule has 1 aliphatic carbocycles. The van der Waals surface area contributed by atoms with Crippen molar-refractivity contribution >= 4 is 11.9 Å². The molecule has 0 fully saturated rings. The number of imide groups is 1. The molecule has 0 spiro atoms. The second kappa shape index (κ2) is 10.0. The third-order valence-electron chi connectivity index (χ3n) is 4.37. The first-order valence-corrected chi connectivity index (χ1v) is 8.89. The fourth-order valence-corrected chi connectivity index (χ4v) is 2.89. The Morgan fingerprint density at radius 1 is 1.23 bits per heavy atom. The molecule has 1 aromatic rings. The van der Waals surface area contributed by atoms with Crippen molar-refractivity contribution in [1.82, 2.24) is 16.0 Å². The number of hydrogen-bond acceptors (Lipinski definition) is 3. The van der Waals surface area contributed by atoms with Crippen LogP contribution < -0.4 is 16.0 Å². The van der Waals surface area contributed by atoms with Crippen LogP contribution in [0.4, 0.5) is 13.6 Å². The predicted molar refractivity (Wildman–Crippen MR) is 95.5 cm³/mol. The van der Waals surface area contributed by atoms with Gasteiger partial charge in [-0.3, -0.25) is 10.1 Å². The van der Waals surface area contributed by atoms with E-state index in [1.165, 1.54) is 24.5 Å². The van der Waals surface area contributed by atoms with Crippen molar-refractivity contribution < 1.29 is 18.4 Å². The SMILES string of the molecule is C[C@H](NCC(=O)NC(=O)NCCC1=CCCCC1)c1ccc(F)cc1F. The number of carbonyl (C=O) groups excluding carboxylic acids is 2. The molecule has 0 saturated carbocycles. The van der Waals surface area contributed by atoms with Gasteiger partial charge in [-0.1, -0.05) is 17.7 Å². The van der Waals surface area contributed by atoms with E-state index in [1.807, 2.05) is 0 Å². The largest absolute Gasteiger partial charge is 0.337 e. The molecule has 0 aromatic heterocycles. The maximum atomic E-state index is 13.7. The van der Waals surface area contributed by atoms with Crippen LogP contribution in [-0.4, -0.2) is 25.0 Å². The average Bonchev–Trinajstić information content (AvgIpc) is 2.60. The molecule has 5 nitrogen and oxygen atoms in total. The highest BCUT2D eigenvalue weighted by Gasteiger charge is 2.14. The first-order valence-electron chi connectivity index (χ1n) is 8.89. The summed E-state index contributed by atoms with van der Waals surface area (Å²) in [5, 5.41) is 7.69. The summed E-state index contributed by atoms with van der Waals surface area (Å²) in [6.45, 7) is 1.98. The van der Waals surface area contributed by atoms with E-state index in [4.69, 9.17) is 0 Å². The van der Waals surface area contributed by atoms with E-state index in [0.29, 0.717) is 6.54 Å².